The number of H-pyrrole nitrogens is 1. The molecule has 0 atom stereocenters. The van der Waals surface area contributed by atoms with Crippen molar-refractivity contribution < 1.29 is 13.2 Å². The number of aromatic nitrogens is 1. The van der Waals surface area contributed by atoms with Crippen molar-refractivity contribution in [2.75, 3.05) is 4.72 Å². The van der Waals surface area contributed by atoms with E-state index in [-0.39, 0.29) is 5.39 Å². The Morgan fingerprint density at radius 3 is 2.35 bits per heavy atom. The van der Waals surface area contributed by atoms with Gasteiger partial charge in [-0.2, -0.15) is 13.2 Å². The summed E-state index contributed by atoms with van der Waals surface area (Å²) in [4.78, 5) is 3.38. The standard InChI is InChI=1S/C15H9Cl2F3N2S/c16-8-3-9(17)5-11(4-8)23-22-10-1-2-14-12(6-10)13(7-21-14)15(18,19)20/h1-7,21-22H. The van der Waals surface area contributed by atoms with Crippen LogP contribution in [-0.2, 0) is 6.18 Å². The van der Waals surface area contributed by atoms with E-state index >= 15 is 0 Å². The summed E-state index contributed by atoms with van der Waals surface area (Å²) in [5, 5.41) is 1.09. The number of nitrogens with one attached hydrogen (secondary N) is 2. The van der Waals surface area contributed by atoms with Gasteiger partial charge in [0.1, 0.15) is 0 Å². The molecule has 0 fully saturated rings. The Labute approximate surface area is 144 Å². The number of hydrogen-bond acceptors (Lipinski definition) is 2. The number of hydrogen-bond donors (Lipinski definition) is 2. The second-order valence-electron chi connectivity index (χ2n) is 4.77. The van der Waals surface area contributed by atoms with Crippen LogP contribution < -0.4 is 4.72 Å². The molecule has 0 aliphatic rings. The van der Waals surface area contributed by atoms with Crippen LogP contribution >= 0.6 is 35.1 Å². The third-order valence-corrected chi connectivity index (χ3v) is 4.36. The Hall–Kier alpha value is -1.50. The molecular formula is C15H9Cl2F3N2S. The lowest BCUT2D eigenvalue weighted by atomic mass is 10.1. The van der Waals surface area contributed by atoms with Crippen LogP contribution in [0.3, 0.4) is 0 Å². The number of anilines is 1. The van der Waals surface area contributed by atoms with Crippen molar-refractivity contribution >= 4 is 51.7 Å². The molecule has 23 heavy (non-hydrogen) atoms. The van der Waals surface area contributed by atoms with Gasteiger partial charge in [-0.15, -0.1) is 0 Å². The summed E-state index contributed by atoms with van der Waals surface area (Å²) >= 11 is 13.0. The quantitative estimate of drug-likeness (QED) is 0.503. The van der Waals surface area contributed by atoms with E-state index in [1.54, 1.807) is 30.3 Å². The van der Waals surface area contributed by atoms with Gasteiger partial charge in [0.2, 0.25) is 0 Å². The maximum atomic E-state index is 12.9. The van der Waals surface area contributed by atoms with Crippen LogP contribution in [0.5, 0.6) is 0 Å². The summed E-state index contributed by atoms with van der Waals surface area (Å²) in [7, 11) is 0. The van der Waals surface area contributed by atoms with Crippen LogP contribution in [0.4, 0.5) is 18.9 Å². The molecular weight excluding hydrogens is 368 g/mol. The van der Waals surface area contributed by atoms with Gasteiger partial charge in [0.15, 0.2) is 0 Å². The van der Waals surface area contributed by atoms with Crippen LogP contribution in [0.15, 0.2) is 47.5 Å². The number of benzene rings is 2. The van der Waals surface area contributed by atoms with Gasteiger partial charge in [-0.1, -0.05) is 23.2 Å². The van der Waals surface area contributed by atoms with Gasteiger partial charge >= 0.3 is 6.18 Å². The molecule has 0 amide bonds. The van der Waals surface area contributed by atoms with Crippen molar-refractivity contribution in [2.45, 2.75) is 11.1 Å². The topological polar surface area (TPSA) is 27.8 Å². The highest BCUT2D eigenvalue weighted by atomic mass is 35.5. The second-order valence-corrected chi connectivity index (χ2v) is 6.52. The largest absolute Gasteiger partial charge is 0.418 e. The Kier molecular flexibility index (Phi) is 4.40. The van der Waals surface area contributed by atoms with Crippen LogP contribution in [0.2, 0.25) is 10.0 Å². The minimum atomic E-state index is -4.40. The fourth-order valence-corrected chi connectivity index (χ4v) is 3.51. The Morgan fingerprint density at radius 1 is 1.00 bits per heavy atom. The molecule has 8 heteroatoms. The summed E-state index contributed by atoms with van der Waals surface area (Å²) in [6.07, 6.45) is -3.43. The fraction of sp³-hybridized carbons (Fsp3) is 0.0667. The van der Waals surface area contributed by atoms with Gasteiger partial charge in [0.25, 0.3) is 0 Å². The van der Waals surface area contributed by atoms with Gasteiger partial charge in [-0.3, -0.25) is 0 Å². The molecule has 0 aliphatic heterocycles. The Bertz CT molecular complexity index is 841. The molecule has 0 saturated heterocycles. The van der Waals surface area contributed by atoms with Gasteiger partial charge < -0.3 is 9.71 Å². The molecule has 2 aromatic carbocycles. The maximum absolute atomic E-state index is 12.9. The van der Waals surface area contributed by atoms with Gasteiger partial charge in [0, 0.05) is 37.7 Å². The molecule has 3 rings (SSSR count). The SMILES string of the molecule is FC(F)(F)c1c[nH]c2ccc(NSc3cc(Cl)cc(Cl)c3)cc12. The lowest BCUT2D eigenvalue weighted by molar-refractivity contribution is -0.136. The molecule has 2 N–H and O–H groups in total. The summed E-state index contributed by atoms with van der Waals surface area (Å²) < 4.78 is 41.8. The summed E-state index contributed by atoms with van der Waals surface area (Å²) in [6, 6.07) is 9.77. The van der Waals surface area contributed by atoms with E-state index in [9.17, 15) is 13.2 Å². The molecule has 3 aromatic rings. The van der Waals surface area contributed by atoms with Crippen LogP contribution in [0.25, 0.3) is 10.9 Å². The third-order valence-electron chi connectivity index (χ3n) is 3.11. The van der Waals surface area contributed by atoms with Crippen LogP contribution in [0.1, 0.15) is 5.56 Å². The lowest BCUT2D eigenvalue weighted by Crippen LogP contribution is -2.03. The molecule has 120 valence electrons. The number of fused-ring (bicyclic) bond motifs is 1. The number of halogens is 5. The van der Waals surface area contributed by atoms with Crippen molar-refractivity contribution in [2.24, 2.45) is 0 Å². The normalized spacial score (nSPS) is 11.9. The molecule has 0 bridgehead atoms. The van der Waals surface area contributed by atoms with Crippen molar-refractivity contribution in [3.05, 3.63) is 58.2 Å². The highest BCUT2D eigenvalue weighted by molar-refractivity contribution is 8.00. The molecule has 2 nitrogen and oxygen atoms in total. The maximum Gasteiger partial charge on any atom is 0.418 e. The average Bonchev–Trinajstić information content (AvgIpc) is 2.87. The number of alkyl halides is 3. The minimum absolute atomic E-state index is 0.118. The zero-order valence-corrected chi connectivity index (χ0v) is 13.7. The smallest absolute Gasteiger partial charge is 0.361 e. The number of rotatable bonds is 3. The minimum Gasteiger partial charge on any atom is -0.361 e. The highest BCUT2D eigenvalue weighted by Crippen LogP contribution is 2.36. The van der Waals surface area contributed by atoms with E-state index in [1.807, 2.05) is 0 Å². The first-order valence-electron chi connectivity index (χ1n) is 6.40. The van der Waals surface area contributed by atoms with Crippen molar-refractivity contribution in [1.29, 1.82) is 0 Å². The predicted molar refractivity (Wildman–Crippen MR) is 89.2 cm³/mol. The molecule has 0 saturated carbocycles. The van der Waals surface area contributed by atoms with Crippen molar-refractivity contribution in [3.63, 3.8) is 0 Å². The lowest BCUT2D eigenvalue weighted by Gasteiger charge is -2.08. The second kappa shape index (κ2) is 6.19. The van der Waals surface area contributed by atoms with E-state index in [2.05, 4.69) is 9.71 Å². The zero-order valence-electron chi connectivity index (χ0n) is 11.3. The third kappa shape index (κ3) is 3.71. The first-order chi connectivity index (χ1) is 10.8. The van der Waals surface area contributed by atoms with E-state index in [0.717, 1.165) is 11.1 Å². The number of aromatic amines is 1. The van der Waals surface area contributed by atoms with E-state index in [1.165, 1.54) is 18.0 Å². The van der Waals surface area contributed by atoms with Crippen LogP contribution in [-0.4, -0.2) is 4.98 Å². The van der Waals surface area contributed by atoms with Crippen molar-refractivity contribution in [3.8, 4) is 0 Å². The molecule has 0 unspecified atom stereocenters. The zero-order chi connectivity index (χ0) is 16.6. The van der Waals surface area contributed by atoms with Gasteiger partial charge in [0.05, 0.1) is 5.56 Å². The predicted octanol–water partition coefficient (Wildman–Crippen LogP) is 6.61. The van der Waals surface area contributed by atoms with Gasteiger partial charge in [-0.05, 0) is 48.3 Å². The van der Waals surface area contributed by atoms with Gasteiger partial charge in [-0.25, -0.2) is 0 Å². The molecule has 1 aromatic heterocycles. The summed E-state index contributed by atoms with van der Waals surface area (Å²) in [6.45, 7) is 0. The monoisotopic (exact) mass is 376 g/mol. The Balaban J connectivity index is 1.86. The van der Waals surface area contributed by atoms with Crippen molar-refractivity contribution in [1.82, 2.24) is 4.98 Å². The average molecular weight is 377 g/mol. The highest BCUT2D eigenvalue weighted by Gasteiger charge is 2.33. The molecule has 1 heterocycles. The molecule has 0 radical (unpaired) electrons. The first kappa shape index (κ1) is 16.4. The van der Waals surface area contributed by atoms with E-state index < -0.39 is 11.7 Å². The molecule has 0 spiro atoms. The summed E-state index contributed by atoms with van der Waals surface area (Å²) in [5.74, 6) is 0. The van der Waals surface area contributed by atoms with Crippen LogP contribution in [0, 0.1) is 0 Å². The molecule has 0 aliphatic carbocycles. The van der Waals surface area contributed by atoms with E-state index in [4.69, 9.17) is 23.2 Å². The fourth-order valence-electron chi connectivity index (χ4n) is 2.12. The van der Waals surface area contributed by atoms with E-state index in [0.29, 0.717) is 21.2 Å². The Morgan fingerprint density at radius 2 is 1.70 bits per heavy atom. The first-order valence-corrected chi connectivity index (χ1v) is 7.97. The summed E-state index contributed by atoms with van der Waals surface area (Å²) in [5.41, 5.74) is 0.286.